The zero-order valence-electron chi connectivity index (χ0n) is 16.3. The summed E-state index contributed by atoms with van der Waals surface area (Å²) in [6.45, 7) is 3.46. The number of hydrogen-bond acceptors (Lipinski definition) is 4. The summed E-state index contributed by atoms with van der Waals surface area (Å²) in [6.07, 6.45) is 3.03. The minimum atomic E-state index is -0.625. The summed E-state index contributed by atoms with van der Waals surface area (Å²) in [6, 6.07) is 13.4. The van der Waals surface area contributed by atoms with Crippen molar-refractivity contribution in [3.63, 3.8) is 0 Å². The minimum absolute atomic E-state index is 0.155. The van der Waals surface area contributed by atoms with Gasteiger partial charge in [-0.3, -0.25) is 14.4 Å². The summed E-state index contributed by atoms with van der Waals surface area (Å²) >= 11 is 0. The molecule has 0 bridgehead atoms. The number of piperidine rings is 1. The van der Waals surface area contributed by atoms with Crippen LogP contribution in [0.15, 0.2) is 42.5 Å². The van der Waals surface area contributed by atoms with Crippen molar-refractivity contribution in [3.05, 3.63) is 48.0 Å². The third kappa shape index (κ3) is 4.68. The molecule has 6 nitrogen and oxygen atoms in total. The van der Waals surface area contributed by atoms with E-state index in [0.717, 1.165) is 30.0 Å². The topological polar surface area (TPSA) is 75.7 Å². The Morgan fingerprint density at radius 2 is 1.71 bits per heavy atom. The first-order chi connectivity index (χ1) is 13.5. The summed E-state index contributed by atoms with van der Waals surface area (Å²) < 4.78 is 5.07. The first kappa shape index (κ1) is 19.9. The molecule has 1 saturated heterocycles. The van der Waals surface area contributed by atoms with E-state index in [1.54, 1.807) is 17.0 Å². The van der Waals surface area contributed by atoms with Gasteiger partial charge in [0.15, 0.2) is 6.61 Å². The summed E-state index contributed by atoms with van der Waals surface area (Å²) in [4.78, 5) is 38.4. The Balaban J connectivity index is 1.48. The smallest absolute Gasteiger partial charge is 0.325 e. The summed E-state index contributed by atoms with van der Waals surface area (Å²) in [5, 5.41) is 4.54. The van der Waals surface area contributed by atoms with Crippen LogP contribution in [0.4, 0.5) is 0 Å². The number of fused-ring (bicyclic) bond motifs is 1. The first-order valence-electron chi connectivity index (χ1n) is 9.69. The Morgan fingerprint density at radius 1 is 1.04 bits per heavy atom. The molecular weight excluding hydrogens is 356 g/mol. The molecule has 3 rings (SSSR count). The Labute approximate surface area is 164 Å². The maximum Gasteiger partial charge on any atom is 0.325 e. The van der Waals surface area contributed by atoms with Gasteiger partial charge in [0.1, 0.15) is 6.54 Å². The molecule has 2 aromatic carbocycles. The lowest BCUT2D eigenvalue weighted by atomic mass is 9.97. The van der Waals surface area contributed by atoms with Gasteiger partial charge in [-0.2, -0.15) is 0 Å². The van der Waals surface area contributed by atoms with Gasteiger partial charge >= 0.3 is 5.97 Å². The van der Waals surface area contributed by atoms with E-state index >= 15 is 0 Å². The maximum atomic E-state index is 12.4. The fraction of sp³-hybridized carbons (Fsp3) is 0.409. The number of likely N-dealkylation sites (tertiary alicyclic amines) is 1. The molecule has 0 aliphatic carbocycles. The molecule has 1 aliphatic heterocycles. The highest BCUT2D eigenvalue weighted by atomic mass is 16.5. The van der Waals surface area contributed by atoms with Crippen LogP contribution < -0.4 is 5.32 Å². The highest BCUT2D eigenvalue weighted by molar-refractivity contribution is 5.99. The van der Waals surface area contributed by atoms with Crippen molar-refractivity contribution in [1.29, 1.82) is 0 Å². The number of carbonyl (C=O) groups is 3. The van der Waals surface area contributed by atoms with Crippen LogP contribution in [0.2, 0.25) is 0 Å². The normalized spacial score (nSPS) is 19.3. The highest BCUT2D eigenvalue weighted by Gasteiger charge is 2.29. The largest absolute Gasteiger partial charge is 0.454 e. The van der Waals surface area contributed by atoms with Crippen LogP contribution in [0.25, 0.3) is 10.8 Å². The van der Waals surface area contributed by atoms with Crippen LogP contribution in [-0.2, 0) is 14.3 Å². The molecule has 0 aromatic heterocycles. The molecule has 0 unspecified atom stereocenters. The lowest BCUT2D eigenvalue weighted by Gasteiger charge is -2.38. The second-order valence-corrected chi connectivity index (χ2v) is 7.34. The Kier molecular flexibility index (Phi) is 6.29. The molecule has 0 saturated carbocycles. The van der Waals surface area contributed by atoms with E-state index in [1.165, 1.54) is 0 Å². The number of esters is 1. The fourth-order valence-electron chi connectivity index (χ4n) is 3.77. The zero-order chi connectivity index (χ0) is 20.1. The van der Waals surface area contributed by atoms with Crippen molar-refractivity contribution in [2.75, 3.05) is 13.2 Å². The van der Waals surface area contributed by atoms with Gasteiger partial charge in [0, 0.05) is 17.6 Å². The average Bonchev–Trinajstić information content (AvgIpc) is 2.70. The molecule has 1 fully saturated rings. The number of rotatable bonds is 5. The van der Waals surface area contributed by atoms with E-state index in [0.29, 0.717) is 5.56 Å². The molecule has 2 aromatic rings. The molecule has 2 atom stereocenters. The van der Waals surface area contributed by atoms with Crippen LogP contribution >= 0.6 is 0 Å². The average molecular weight is 382 g/mol. The lowest BCUT2D eigenvalue weighted by molar-refractivity contribution is -0.154. The molecule has 148 valence electrons. The number of nitrogens with zero attached hydrogens (tertiary/aromatic N) is 1. The quantitative estimate of drug-likeness (QED) is 0.807. The third-order valence-corrected chi connectivity index (χ3v) is 5.24. The van der Waals surface area contributed by atoms with Crippen LogP contribution in [0.1, 0.15) is 43.5 Å². The van der Waals surface area contributed by atoms with Crippen molar-refractivity contribution < 1.29 is 19.1 Å². The molecule has 2 amide bonds. The highest BCUT2D eigenvalue weighted by Crippen LogP contribution is 2.22. The van der Waals surface area contributed by atoms with Crippen molar-refractivity contribution >= 4 is 28.6 Å². The van der Waals surface area contributed by atoms with Crippen LogP contribution in [0.5, 0.6) is 0 Å². The van der Waals surface area contributed by atoms with E-state index in [9.17, 15) is 14.4 Å². The van der Waals surface area contributed by atoms with Gasteiger partial charge in [0.05, 0.1) is 0 Å². The molecule has 0 radical (unpaired) electrons. The van der Waals surface area contributed by atoms with Crippen LogP contribution in [-0.4, -0.2) is 47.9 Å². The predicted molar refractivity (Wildman–Crippen MR) is 107 cm³/mol. The van der Waals surface area contributed by atoms with Gasteiger partial charge in [0.2, 0.25) is 0 Å². The van der Waals surface area contributed by atoms with E-state index in [-0.39, 0.29) is 37.0 Å². The fourth-order valence-corrected chi connectivity index (χ4v) is 3.77. The molecule has 28 heavy (non-hydrogen) atoms. The van der Waals surface area contributed by atoms with Crippen molar-refractivity contribution in [1.82, 2.24) is 10.2 Å². The number of hydrogen-bond donors (Lipinski definition) is 1. The van der Waals surface area contributed by atoms with Gasteiger partial charge < -0.3 is 15.0 Å². The SMILES string of the molecule is C[C@@H]1CCC[C@@H](C)N1C(=O)COC(=O)CNC(=O)c1ccc2ccccc2c1. The van der Waals surface area contributed by atoms with Crippen LogP contribution in [0, 0.1) is 0 Å². The number of benzene rings is 2. The van der Waals surface area contributed by atoms with E-state index in [4.69, 9.17) is 4.74 Å². The minimum Gasteiger partial charge on any atom is -0.454 e. The van der Waals surface area contributed by atoms with Crippen molar-refractivity contribution in [2.45, 2.75) is 45.2 Å². The van der Waals surface area contributed by atoms with Gasteiger partial charge in [-0.1, -0.05) is 30.3 Å². The Bertz CT molecular complexity index is 870. The lowest BCUT2D eigenvalue weighted by Crippen LogP contribution is -2.49. The van der Waals surface area contributed by atoms with Gasteiger partial charge in [0.25, 0.3) is 11.8 Å². The van der Waals surface area contributed by atoms with Gasteiger partial charge in [-0.15, -0.1) is 0 Å². The number of ether oxygens (including phenoxy) is 1. The third-order valence-electron chi connectivity index (χ3n) is 5.24. The number of carbonyl (C=O) groups excluding carboxylic acids is 3. The Hall–Kier alpha value is -2.89. The Morgan fingerprint density at radius 3 is 2.43 bits per heavy atom. The van der Waals surface area contributed by atoms with E-state index in [1.807, 2.05) is 44.2 Å². The van der Waals surface area contributed by atoms with Crippen LogP contribution in [0.3, 0.4) is 0 Å². The second-order valence-electron chi connectivity index (χ2n) is 7.34. The van der Waals surface area contributed by atoms with E-state index in [2.05, 4.69) is 5.32 Å². The molecule has 0 spiro atoms. The monoisotopic (exact) mass is 382 g/mol. The standard InChI is InChI=1S/C22H26N2O4/c1-15-6-5-7-16(2)24(15)20(25)14-28-21(26)13-23-22(27)19-11-10-17-8-3-4-9-18(17)12-19/h3-4,8-12,15-16H,5-7,13-14H2,1-2H3,(H,23,27)/t15-,16-/m1/s1. The number of nitrogens with one attached hydrogen (secondary N) is 1. The molecule has 1 heterocycles. The zero-order valence-corrected chi connectivity index (χ0v) is 16.3. The molecular formula is C22H26N2O4. The summed E-state index contributed by atoms with van der Waals surface area (Å²) in [5.41, 5.74) is 0.471. The molecule has 1 N–H and O–H groups in total. The first-order valence-corrected chi connectivity index (χ1v) is 9.69. The second kappa shape index (κ2) is 8.87. The van der Waals surface area contributed by atoms with Gasteiger partial charge in [-0.05, 0) is 56.0 Å². The predicted octanol–water partition coefficient (Wildman–Crippen LogP) is 2.90. The van der Waals surface area contributed by atoms with Crippen molar-refractivity contribution in [2.24, 2.45) is 0 Å². The summed E-state index contributed by atoms with van der Waals surface area (Å²) in [7, 11) is 0. The van der Waals surface area contributed by atoms with Crippen molar-refractivity contribution in [3.8, 4) is 0 Å². The van der Waals surface area contributed by atoms with E-state index < -0.39 is 5.97 Å². The van der Waals surface area contributed by atoms with Gasteiger partial charge in [-0.25, -0.2) is 0 Å². The molecule has 6 heteroatoms. The number of amides is 2. The summed E-state index contributed by atoms with van der Waals surface area (Å²) in [5.74, 6) is -1.17. The maximum absolute atomic E-state index is 12.4. The molecule has 1 aliphatic rings.